The number of carbonyl (C=O) groups excluding carboxylic acids is 3. The van der Waals surface area contributed by atoms with Crippen molar-refractivity contribution in [1.82, 2.24) is 10.6 Å². The van der Waals surface area contributed by atoms with Crippen molar-refractivity contribution in [1.29, 1.82) is 0 Å². The first-order valence-corrected chi connectivity index (χ1v) is 7.46. The number of amides is 3. The fraction of sp³-hybridized carbons (Fsp3) is 0.357. The molecule has 0 atom stereocenters. The number of nitrogens with one attached hydrogen (secondary N) is 2. The van der Waals surface area contributed by atoms with Crippen LogP contribution in [0.15, 0.2) is 28.7 Å². The van der Waals surface area contributed by atoms with Gasteiger partial charge in [-0.2, -0.15) is 0 Å². The normalized spacial score (nSPS) is 13.1. The Morgan fingerprint density at radius 3 is 2.45 bits per heavy atom. The van der Waals surface area contributed by atoms with Crippen molar-refractivity contribution in [3.8, 4) is 5.75 Å². The zero-order chi connectivity index (χ0) is 15.9. The molecule has 0 bridgehead atoms. The first-order chi connectivity index (χ1) is 10.5. The number of hydrogen-bond donors (Lipinski definition) is 2. The van der Waals surface area contributed by atoms with Gasteiger partial charge in [0.05, 0.1) is 0 Å². The highest BCUT2D eigenvalue weighted by Crippen LogP contribution is 2.18. The number of esters is 1. The number of benzene rings is 1. The molecule has 0 heterocycles. The van der Waals surface area contributed by atoms with Crippen molar-refractivity contribution in [2.24, 2.45) is 0 Å². The molecule has 1 saturated carbocycles. The number of hydrogen-bond acceptors (Lipinski definition) is 5. The van der Waals surface area contributed by atoms with Crippen LogP contribution in [0.25, 0.3) is 0 Å². The molecule has 0 unspecified atom stereocenters. The van der Waals surface area contributed by atoms with Gasteiger partial charge in [0.25, 0.3) is 5.91 Å². The van der Waals surface area contributed by atoms with Crippen LogP contribution < -0.4 is 15.4 Å². The molecule has 0 radical (unpaired) electrons. The average molecular weight is 371 g/mol. The zero-order valence-electron chi connectivity index (χ0n) is 11.6. The van der Waals surface area contributed by atoms with Gasteiger partial charge in [-0.05, 0) is 37.1 Å². The third-order valence-corrected chi connectivity index (χ3v) is 3.23. The standard InChI is InChI=1S/C14H15BrN2O5/c15-9-1-5-11(6-2-9)21-8-13(19)22-7-12(18)17-14(20)16-10-3-4-10/h1-2,5-6,10H,3-4,7-8H2,(H2,16,17,18,20). The molecule has 1 aliphatic rings. The first-order valence-electron chi connectivity index (χ1n) is 6.67. The van der Waals surface area contributed by atoms with Gasteiger partial charge >= 0.3 is 12.0 Å². The van der Waals surface area contributed by atoms with Crippen LogP contribution in [-0.2, 0) is 14.3 Å². The number of ether oxygens (including phenoxy) is 2. The van der Waals surface area contributed by atoms with Gasteiger partial charge in [0, 0.05) is 10.5 Å². The summed E-state index contributed by atoms with van der Waals surface area (Å²) in [6.07, 6.45) is 1.84. The molecule has 22 heavy (non-hydrogen) atoms. The van der Waals surface area contributed by atoms with Crippen LogP contribution in [0.1, 0.15) is 12.8 Å². The van der Waals surface area contributed by atoms with Crippen molar-refractivity contribution in [3.05, 3.63) is 28.7 Å². The van der Waals surface area contributed by atoms with Crippen molar-refractivity contribution in [3.63, 3.8) is 0 Å². The fourth-order valence-corrected chi connectivity index (χ4v) is 1.74. The number of urea groups is 1. The lowest BCUT2D eigenvalue weighted by atomic mass is 10.3. The third kappa shape index (κ3) is 6.13. The summed E-state index contributed by atoms with van der Waals surface area (Å²) >= 11 is 3.28. The van der Waals surface area contributed by atoms with E-state index in [0.29, 0.717) is 5.75 Å². The number of halogens is 1. The molecule has 1 aliphatic carbocycles. The SMILES string of the molecule is O=C(COC(=O)COc1ccc(Br)cc1)NC(=O)NC1CC1. The summed E-state index contributed by atoms with van der Waals surface area (Å²) in [5.41, 5.74) is 0. The summed E-state index contributed by atoms with van der Waals surface area (Å²) in [6.45, 7) is -0.843. The summed E-state index contributed by atoms with van der Waals surface area (Å²) < 4.78 is 10.8. The lowest BCUT2D eigenvalue weighted by molar-refractivity contribution is -0.150. The van der Waals surface area contributed by atoms with Gasteiger partial charge in [0.1, 0.15) is 5.75 Å². The van der Waals surface area contributed by atoms with Crippen LogP contribution in [0.4, 0.5) is 4.79 Å². The smallest absolute Gasteiger partial charge is 0.344 e. The van der Waals surface area contributed by atoms with Crippen molar-refractivity contribution < 1.29 is 23.9 Å². The van der Waals surface area contributed by atoms with E-state index in [1.54, 1.807) is 24.3 Å². The number of carbonyl (C=O) groups is 3. The monoisotopic (exact) mass is 370 g/mol. The predicted octanol–water partition coefficient (Wildman–Crippen LogP) is 1.36. The second-order valence-electron chi connectivity index (χ2n) is 4.70. The number of imide groups is 1. The Bertz CT molecular complexity index is 557. The van der Waals surface area contributed by atoms with Gasteiger partial charge < -0.3 is 14.8 Å². The third-order valence-electron chi connectivity index (χ3n) is 2.70. The zero-order valence-corrected chi connectivity index (χ0v) is 13.2. The van der Waals surface area contributed by atoms with Gasteiger partial charge in [0.15, 0.2) is 13.2 Å². The number of rotatable bonds is 6. The van der Waals surface area contributed by atoms with E-state index in [4.69, 9.17) is 9.47 Å². The van der Waals surface area contributed by atoms with E-state index < -0.39 is 24.5 Å². The summed E-state index contributed by atoms with van der Waals surface area (Å²) in [4.78, 5) is 34.1. The summed E-state index contributed by atoms with van der Waals surface area (Å²) in [5.74, 6) is -0.871. The minimum absolute atomic E-state index is 0.148. The molecule has 118 valence electrons. The minimum Gasteiger partial charge on any atom is -0.482 e. The molecule has 8 heteroatoms. The van der Waals surface area contributed by atoms with E-state index >= 15 is 0 Å². The Morgan fingerprint density at radius 2 is 1.82 bits per heavy atom. The molecule has 1 aromatic carbocycles. The quantitative estimate of drug-likeness (QED) is 0.737. The molecule has 0 aliphatic heterocycles. The van der Waals surface area contributed by atoms with Crippen LogP contribution in [-0.4, -0.2) is 37.2 Å². The van der Waals surface area contributed by atoms with E-state index in [-0.39, 0.29) is 12.6 Å². The van der Waals surface area contributed by atoms with Gasteiger partial charge in [-0.1, -0.05) is 15.9 Å². The highest BCUT2D eigenvalue weighted by molar-refractivity contribution is 9.10. The molecule has 1 fully saturated rings. The first kappa shape index (κ1) is 16.3. The Balaban J connectivity index is 1.61. The lowest BCUT2D eigenvalue weighted by Gasteiger charge is -2.08. The van der Waals surface area contributed by atoms with Gasteiger partial charge in [-0.25, -0.2) is 9.59 Å². The Labute approximate surface area is 135 Å². The fourth-order valence-electron chi connectivity index (χ4n) is 1.47. The molecule has 7 nitrogen and oxygen atoms in total. The molecular weight excluding hydrogens is 356 g/mol. The summed E-state index contributed by atoms with van der Waals surface area (Å²) in [7, 11) is 0. The van der Waals surface area contributed by atoms with E-state index in [1.807, 2.05) is 0 Å². The molecule has 1 aromatic rings. The molecular formula is C14H15BrN2O5. The second kappa shape index (κ2) is 7.79. The van der Waals surface area contributed by atoms with Crippen LogP contribution in [0, 0.1) is 0 Å². The molecule has 0 aromatic heterocycles. The molecule has 0 spiro atoms. The largest absolute Gasteiger partial charge is 0.482 e. The van der Waals surface area contributed by atoms with Crippen LogP contribution in [0.2, 0.25) is 0 Å². The maximum Gasteiger partial charge on any atom is 0.344 e. The van der Waals surface area contributed by atoms with Crippen molar-refractivity contribution in [2.75, 3.05) is 13.2 Å². The van der Waals surface area contributed by atoms with Gasteiger partial charge in [-0.15, -0.1) is 0 Å². The van der Waals surface area contributed by atoms with Gasteiger partial charge in [0.2, 0.25) is 0 Å². The van der Waals surface area contributed by atoms with E-state index in [9.17, 15) is 14.4 Å². The molecule has 2 N–H and O–H groups in total. The molecule has 0 saturated heterocycles. The van der Waals surface area contributed by atoms with Gasteiger partial charge in [-0.3, -0.25) is 10.1 Å². The molecule has 3 amide bonds. The van der Waals surface area contributed by atoms with Crippen molar-refractivity contribution in [2.45, 2.75) is 18.9 Å². The topological polar surface area (TPSA) is 93.7 Å². The lowest BCUT2D eigenvalue weighted by Crippen LogP contribution is -2.42. The Kier molecular flexibility index (Phi) is 5.76. The highest BCUT2D eigenvalue weighted by Gasteiger charge is 2.24. The van der Waals surface area contributed by atoms with Crippen molar-refractivity contribution >= 4 is 33.8 Å². The summed E-state index contributed by atoms with van der Waals surface area (Å²) in [5, 5.41) is 4.66. The maximum absolute atomic E-state index is 11.4. The Morgan fingerprint density at radius 1 is 1.14 bits per heavy atom. The maximum atomic E-state index is 11.4. The van der Waals surface area contributed by atoms with E-state index in [1.165, 1.54) is 0 Å². The highest BCUT2D eigenvalue weighted by atomic mass is 79.9. The van der Waals surface area contributed by atoms with Crippen LogP contribution in [0.3, 0.4) is 0 Å². The second-order valence-corrected chi connectivity index (χ2v) is 5.61. The Hall–Kier alpha value is -2.09. The van der Waals surface area contributed by atoms with E-state index in [0.717, 1.165) is 17.3 Å². The van der Waals surface area contributed by atoms with Crippen LogP contribution in [0.5, 0.6) is 5.75 Å². The minimum atomic E-state index is -0.694. The average Bonchev–Trinajstić information content (AvgIpc) is 3.28. The predicted molar refractivity (Wildman–Crippen MR) is 80.3 cm³/mol. The summed E-state index contributed by atoms with van der Waals surface area (Å²) in [6, 6.07) is 6.49. The van der Waals surface area contributed by atoms with Crippen LogP contribution >= 0.6 is 15.9 Å². The molecule has 2 rings (SSSR count). The van der Waals surface area contributed by atoms with E-state index in [2.05, 4.69) is 26.6 Å².